The molecule has 0 spiro atoms. The van der Waals surface area contributed by atoms with E-state index in [2.05, 4.69) is 0 Å². The van der Waals surface area contributed by atoms with E-state index in [-0.39, 0.29) is 24.5 Å². The molecule has 1 N–H and O–H groups in total. The first-order chi connectivity index (χ1) is 7.20. The summed E-state index contributed by atoms with van der Waals surface area (Å²) in [6.45, 7) is 2.84. The van der Waals surface area contributed by atoms with Gasteiger partial charge in [-0.25, -0.2) is 0 Å². The van der Waals surface area contributed by atoms with Crippen molar-refractivity contribution in [1.82, 2.24) is 4.90 Å². The van der Waals surface area contributed by atoms with Crippen LogP contribution in [-0.4, -0.2) is 41.0 Å². The van der Waals surface area contributed by atoms with E-state index in [1.54, 1.807) is 0 Å². The number of aliphatic hydroxyl groups excluding tert-OH is 1. The fourth-order valence-electron chi connectivity index (χ4n) is 2.09. The third kappa shape index (κ3) is 3.35. The fourth-order valence-corrected chi connectivity index (χ4v) is 2.22. The normalized spacial score (nSPS) is 23.9. The highest BCUT2D eigenvalue weighted by Gasteiger charge is 2.28. The number of carbonyl (C=O) groups excluding carboxylic acids is 1. The van der Waals surface area contributed by atoms with E-state index in [0.29, 0.717) is 12.3 Å². The van der Waals surface area contributed by atoms with Gasteiger partial charge in [0.2, 0.25) is 5.91 Å². The van der Waals surface area contributed by atoms with E-state index in [9.17, 15) is 4.79 Å². The van der Waals surface area contributed by atoms with E-state index in [0.717, 1.165) is 25.8 Å². The Morgan fingerprint density at radius 1 is 1.60 bits per heavy atom. The summed E-state index contributed by atoms with van der Waals surface area (Å²) in [6, 6.07) is 0.224. The number of nitrogens with zero attached hydrogens (tertiary/aromatic N) is 1. The van der Waals surface area contributed by atoms with Crippen molar-refractivity contribution in [3.8, 4) is 0 Å². The Balaban J connectivity index is 2.58. The molecule has 1 aliphatic heterocycles. The van der Waals surface area contributed by atoms with Crippen LogP contribution in [0.15, 0.2) is 0 Å². The topological polar surface area (TPSA) is 40.5 Å². The lowest BCUT2D eigenvalue weighted by Gasteiger charge is -2.37. The molecule has 1 aliphatic rings. The van der Waals surface area contributed by atoms with Crippen LogP contribution in [0.4, 0.5) is 0 Å². The zero-order valence-electron chi connectivity index (χ0n) is 9.29. The maximum absolute atomic E-state index is 12.0. The minimum atomic E-state index is -0.106. The number of rotatable bonds is 4. The van der Waals surface area contributed by atoms with Crippen LogP contribution >= 0.6 is 11.6 Å². The molecule has 1 fully saturated rings. The molecule has 3 nitrogen and oxygen atoms in total. The third-order valence-electron chi connectivity index (χ3n) is 3.03. The van der Waals surface area contributed by atoms with E-state index in [1.165, 1.54) is 0 Å². The monoisotopic (exact) mass is 233 g/mol. The van der Waals surface area contributed by atoms with Crippen LogP contribution in [0.1, 0.15) is 32.6 Å². The van der Waals surface area contributed by atoms with Gasteiger partial charge in [0.1, 0.15) is 0 Å². The Kier molecular flexibility index (Phi) is 5.40. The van der Waals surface area contributed by atoms with Gasteiger partial charge in [0.15, 0.2) is 0 Å². The number of aliphatic hydroxyl groups is 1. The lowest BCUT2D eigenvalue weighted by Crippen LogP contribution is -2.46. The van der Waals surface area contributed by atoms with Crippen molar-refractivity contribution >= 4 is 17.5 Å². The maximum atomic E-state index is 12.0. The van der Waals surface area contributed by atoms with Crippen LogP contribution in [0.25, 0.3) is 0 Å². The Hall–Kier alpha value is -0.280. The Morgan fingerprint density at radius 2 is 2.33 bits per heavy atom. The van der Waals surface area contributed by atoms with Gasteiger partial charge in [-0.15, -0.1) is 11.6 Å². The smallest absolute Gasteiger partial charge is 0.226 e. The van der Waals surface area contributed by atoms with E-state index in [1.807, 2.05) is 11.8 Å². The van der Waals surface area contributed by atoms with Gasteiger partial charge in [0, 0.05) is 31.0 Å². The predicted octanol–water partition coefficient (Wildman–Crippen LogP) is 1.62. The summed E-state index contributed by atoms with van der Waals surface area (Å²) in [4.78, 5) is 13.9. The molecule has 0 aromatic rings. The van der Waals surface area contributed by atoms with Crippen molar-refractivity contribution in [2.45, 2.75) is 38.6 Å². The summed E-state index contributed by atoms with van der Waals surface area (Å²) in [6.07, 6.45) is 3.94. The number of alkyl halides is 1. The molecule has 15 heavy (non-hydrogen) atoms. The first kappa shape index (κ1) is 12.8. The second-order valence-electron chi connectivity index (χ2n) is 4.25. The molecule has 1 heterocycles. The summed E-state index contributed by atoms with van der Waals surface area (Å²) in [5.41, 5.74) is 0. The van der Waals surface area contributed by atoms with Gasteiger partial charge in [-0.3, -0.25) is 4.79 Å². The Labute approximate surface area is 96.4 Å². The highest BCUT2D eigenvalue weighted by molar-refractivity contribution is 6.19. The molecule has 0 aromatic carbocycles. The molecular formula is C11H20ClNO2. The second kappa shape index (κ2) is 6.33. The van der Waals surface area contributed by atoms with Crippen molar-refractivity contribution in [1.29, 1.82) is 0 Å². The van der Waals surface area contributed by atoms with Crippen LogP contribution in [0, 0.1) is 5.92 Å². The molecule has 4 heteroatoms. The largest absolute Gasteiger partial charge is 0.396 e. The second-order valence-corrected chi connectivity index (χ2v) is 4.56. The van der Waals surface area contributed by atoms with Crippen molar-refractivity contribution in [2.24, 2.45) is 5.92 Å². The highest BCUT2D eigenvalue weighted by Crippen LogP contribution is 2.21. The Bertz CT molecular complexity index is 209. The van der Waals surface area contributed by atoms with Crippen LogP contribution < -0.4 is 0 Å². The van der Waals surface area contributed by atoms with Gasteiger partial charge in [0.05, 0.1) is 0 Å². The number of amides is 1. The molecule has 0 saturated carbocycles. The Morgan fingerprint density at radius 3 is 2.93 bits per heavy atom. The molecule has 88 valence electrons. The van der Waals surface area contributed by atoms with Crippen LogP contribution in [-0.2, 0) is 4.79 Å². The molecule has 1 amide bonds. The fraction of sp³-hybridized carbons (Fsp3) is 0.909. The molecule has 1 rings (SSSR count). The third-order valence-corrected chi connectivity index (χ3v) is 3.49. The molecule has 0 aromatic heterocycles. The number of hydrogen-bond acceptors (Lipinski definition) is 2. The molecular weight excluding hydrogens is 214 g/mol. The van der Waals surface area contributed by atoms with Gasteiger partial charge >= 0.3 is 0 Å². The zero-order chi connectivity index (χ0) is 11.3. The number of halogens is 1. The van der Waals surface area contributed by atoms with Gasteiger partial charge < -0.3 is 10.0 Å². The van der Waals surface area contributed by atoms with Crippen molar-refractivity contribution in [2.75, 3.05) is 19.0 Å². The molecule has 1 saturated heterocycles. The first-order valence-corrected chi connectivity index (χ1v) is 6.21. The number of hydrogen-bond donors (Lipinski definition) is 1. The molecule has 0 bridgehead atoms. The van der Waals surface area contributed by atoms with Gasteiger partial charge in [0.25, 0.3) is 0 Å². The quantitative estimate of drug-likeness (QED) is 0.750. The molecule has 0 radical (unpaired) electrons. The van der Waals surface area contributed by atoms with Gasteiger partial charge in [-0.05, 0) is 25.7 Å². The first-order valence-electron chi connectivity index (χ1n) is 5.68. The van der Waals surface area contributed by atoms with Gasteiger partial charge in [-0.2, -0.15) is 0 Å². The number of piperidine rings is 1. The predicted molar refractivity (Wildman–Crippen MR) is 60.9 cm³/mol. The molecule has 2 atom stereocenters. The minimum Gasteiger partial charge on any atom is -0.396 e. The summed E-state index contributed by atoms with van der Waals surface area (Å²) in [7, 11) is 0. The summed E-state index contributed by atoms with van der Waals surface area (Å²) < 4.78 is 0. The van der Waals surface area contributed by atoms with Crippen LogP contribution in [0.5, 0.6) is 0 Å². The van der Waals surface area contributed by atoms with Crippen LogP contribution in [0.3, 0.4) is 0 Å². The van der Waals surface area contributed by atoms with Crippen molar-refractivity contribution in [3.63, 3.8) is 0 Å². The van der Waals surface area contributed by atoms with E-state index in [4.69, 9.17) is 16.7 Å². The summed E-state index contributed by atoms with van der Waals surface area (Å²) in [5, 5.41) is 8.95. The molecule has 2 unspecified atom stereocenters. The van der Waals surface area contributed by atoms with E-state index >= 15 is 0 Å². The van der Waals surface area contributed by atoms with Crippen molar-refractivity contribution < 1.29 is 9.90 Å². The number of likely N-dealkylation sites (tertiary alicyclic amines) is 1. The lowest BCUT2D eigenvalue weighted by atomic mass is 9.98. The zero-order valence-corrected chi connectivity index (χ0v) is 10.0. The average Bonchev–Trinajstić information content (AvgIpc) is 2.28. The van der Waals surface area contributed by atoms with Crippen LogP contribution in [0.2, 0.25) is 0 Å². The van der Waals surface area contributed by atoms with E-state index < -0.39 is 0 Å². The highest BCUT2D eigenvalue weighted by atomic mass is 35.5. The van der Waals surface area contributed by atoms with Crippen molar-refractivity contribution in [3.05, 3.63) is 0 Å². The maximum Gasteiger partial charge on any atom is 0.226 e. The lowest BCUT2D eigenvalue weighted by molar-refractivity contribution is -0.138. The molecule has 0 aliphatic carbocycles. The average molecular weight is 234 g/mol. The SMILES string of the molecule is CC(CCl)C(=O)N1CCCCC1CCO. The van der Waals surface area contributed by atoms with Gasteiger partial charge in [-0.1, -0.05) is 6.92 Å². The standard InChI is InChI=1S/C11H20ClNO2/c1-9(8-12)11(15)13-6-3-2-4-10(13)5-7-14/h9-10,14H,2-8H2,1H3. The number of carbonyl (C=O) groups is 1. The summed E-state index contributed by atoms with van der Waals surface area (Å²) in [5.74, 6) is 0.412. The summed E-state index contributed by atoms with van der Waals surface area (Å²) >= 11 is 5.69. The minimum absolute atomic E-state index is 0.106.